The molecule has 12 heavy (non-hydrogen) atoms. The number of hydrogen-bond donors (Lipinski definition) is 3. The van der Waals surface area contributed by atoms with E-state index in [1.54, 1.807) is 6.92 Å². The minimum atomic E-state index is -0.555. The molecule has 0 saturated carbocycles. The summed E-state index contributed by atoms with van der Waals surface area (Å²) < 4.78 is 0. The number of nitrogens with one attached hydrogen (secondary N) is 2. The minimum absolute atomic E-state index is 0.214. The van der Waals surface area contributed by atoms with Crippen molar-refractivity contribution in [2.75, 3.05) is 6.54 Å². The van der Waals surface area contributed by atoms with Crippen LogP contribution in [0.4, 0.5) is 0 Å². The standard InChI is InChI=1S/C6H10N4O2/c1-4(11)2-7-6(12)5-3-8-10-9-5/h3-4,11H,2H2,1H3,(H,7,12)(H,8,9,10)/t4-/m0/s1. The van der Waals surface area contributed by atoms with Crippen LogP contribution >= 0.6 is 0 Å². The lowest BCUT2D eigenvalue weighted by molar-refractivity contribution is 0.0919. The quantitative estimate of drug-likeness (QED) is 0.538. The Labute approximate surface area is 69.0 Å². The highest BCUT2D eigenvalue weighted by Crippen LogP contribution is 1.87. The van der Waals surface area contributed by atoms with Gasteiger partial charge in [0.2, 0.25) is 0 Å². The molecule has 0 aliphatic heterocycles. The molecule has 0 aromatic carbocycles. The molecule has 1 amide bonds. The Morgan fingerprint density at radius 3 is 3.17 bits per heavy atom. The molecule has 0 fully saturated rings. The molecule has 3 N–H and O–H groups in total. The van der Waals surface area contributed by atoms with E-state index in [0.717, 1.165) is 0 Å². The SMILES string of the molecule is C[C@H](O)CNC(=O)c1cn[nH]n1. The molecule has 0 saturated heterocycles. The molecule has 6 heteroatoms. The predicted molar refractivity (Wildman–Crippen MR) is 40.4 cm³/mol. The van der Waals surface area contributed by atoms with Crippen LogP contribution in [0.1, 0.15) is 17.4 Å². The van der Waals surface area contributed by atoms with Crippen LogP contribution in [-0.2, 0) is 0 Å². The molecule has 0 bridgehead atoms. The molecule has 6 nitrogen and oxygen atoms in total. The van der Waals surface area contributed by atoms with E-state index in [-0.39, 0.29) is 18.1 Å². The average Bonchev–Trinajstić information content (AvgIpc) is 2.51. The maximum absolute atomic E-state index is 11.1. The Morgan fingerprint density at radius 1 is 1.92 bits per heavy atom. The van der Waals surface area contributed by atoms with Gasteiger partial charge in [-0.2, -0.15) is 15.4 Å². The van der Waals surface area contributed by atoms with Gasteiger partial charge in [0.25, 0.3) is 5.91 Å². The highest BCUT2D eigenvalue weighted by molar-refractivity contribution is 5.91. The van der Waals surface area contributed by atoms with Crippen LogP contribution in [0.5, 0.6) is 0 Å². The normalized spacial score (nSPS) is 12.5. The van der Waals surface area contributed by atoms with Gasteiger partial charge in [0.05, 0.1) is 12.3 Å². The van der Waals surface area contributed by atoms with Crippen molar-refractivity contribution in [3.05, 3.63) is 11.9 Å². The second-order valence-corrected chi connectivity index (χ2v) is 2.41. The van der Waals surface area contributed by atoms with Gasteiger partial charge in [-0.25, -0.2) is 0 Å². The number of H-pyrrole nitrogens is 1. The van der Waals surface area contributed by atoms with Gasteiger partial charge in [-0.3, -0.25) is 4.79 Å². The first-order valence-electron chi connectivity index (χ1n) is 3.52. The molecular formula is C6H10N4O2. The third kappa shape index (κ3) is 2.31. The van der Waals surface area contributed by atoms with Crippen molar-refractivity contribution in [1.82, 2.24) is 20.7 Å². The summed E-state index contributed by atoms with van der Waals surface area (Å²) in [5.74, 6) is -0.343. The molecule has 1 atom stereocenters. The summed E-state index contributed by atoms with van der Waals surface area (Å²) in [4.78, 5) is 11.1. The van der Waals surface area contributed by atoms with Crippen LogP contribution in [-0.4, -0.2) is 39.1 Å². The van der Waals surface area contributed by atoms with Crippen molar-refractivity contribution >= 4 is 5.91 Å². The number of carbonyl (C=O) groups is 1. The summed E-state index contributed by atoms with van der Waals surface area (Å²) in [6.45, 7) is 1.80. The van der Waals surface area contributed by atoms with Gasteiger partial charge in [-0.05, 0) is 6.92 Å². The number of aliphatic hydroxyl groups is 1. The van der Waals surface area contributed by atoms with Crippen LogP contribution in [0.3, 0.4) is 0 Å². The summed E-state index contributed by atoms with van der Waals surface area (Å²) in [6.07, 6.45) is 0.762. The molecule has 0 radical (unpaired) electrons. The molecular weight excluding hydrogens is 160 g/mol. The highest BCUT2D eigenvalue weighted by Gasteiger charge is 2.07. The van der Waals surface area contributed by atoms with Crippen LogP contribution in [0.2, 0.25) is 0 Å². The average molecular weight is 170 g/mol. The fourth-order valence-corrected chi connectivity index (χ4v) is 0.642. The van der Waals surface area contributed by atoms with Crippen molar-refractivity contribution in [2.45, 2.75) is 13.0 Å². The number of aliphatic hydroxyl groups excluding tert-OH is 1. The molecule has 0 aliphatic rings. The highest BCUT2D eigenvalue weighted by atomic mass is 16.3. The summed E-state index contributed by atoms with van der Waals surface area (Å²) >= 11 is 0. The zero-order valence-electron chi connectivity index (χ0n) is 6.61. The summed E-state index contributed by atoms with van der Waals surface area (Å²) in [6, 6.07) is 0. The molecule has 1 aromatic rings. The number of nitrogens with zero attached hydrogens (tertiary/aromatic N) is 2. The molecule has 0 unspecified atom stereocenters. The third-order valence-corrected chi connectivity index (χ3v) is 1.21. The number of carbonyl (C=O) groups excluding carboxylic acids is 1. The summed E-state index contributed by atoms with van der Waals surface area (Å²) in [7, 11) is 0. The number of amides is 1. The minimum Gasteiger partial charge on any atom is -0.392 e. The van der Waals surface area contributed by atoms with Crippen molar-refractivity contribution < 1.29 is 9.90 Å². The second kappa shape index (κ2) is 3.82. The molecule has 0 aliphatic carbocycles. The van der Waals surface area contributed by atoms with E-state index in [1.807, 2.05) is 0 Å². The molecule has 1 aromatic heterocycles. The second-order valence-electron chi connectivity index (χ2n) is 2.41. The zero-order chi connectivity index (χ0) is 8.97. The first-order chi connectivity index (χ1) is 5.70. The van der Waals surface area contributed by atoms with Gasteiger partial charge < -0.3 is 10.4 Å². The van der Waals surface area contributed by atoms with E-state index in [4.69, 9.17) is 5.11 Å². The van der Waals surface area contributed by atoms with E-state index < -0.39 is 6.10 Å². The Kier molecular flexibility index (Phi) is 2.76. The van der Waals surface area contributed by atoms with E-state index >= 15 is 0 Å². The topological polar surface area (TPSA) is 90.9 Å². The first kappa shape index (κ1) is 8.66. The lowest BCUT2D eigenvalue weighted by Crippen LogP contribution is -2.30. The van der Waals surface area contributed by atoms with Crippen molar-refractivity contribution in [3.63, 3.8) is 0 Å². The zero-order valence-corrected chi connectivity index (χ0v) is 6.61. The lowest BCUT2D eigenvalue weighted by atomic mass is 10.4. The van der Waals surface area contributed by atoms with Gasteiger partial charge in [0.1, 0.15) is 0 Å². The molecule has 66 valence electrons. The number of hydrogen-bond acceptors (Lipinski definition) is 4. The van der Waals surface area contributed by atoms with Crippen LogP contribution < -0.4 is 5.32 Å². The molecule has 0 spiro atoms. The van der Waals surface area contributed by atoms with Gasteiger partial charge in [-0.1, -0.05) is 0 Å². The largest absolute Gasteiger partial charge is 0.392 e. The van der Waals surface area contributed by atoms with Crippen LogP contribution in [0.25, 0.3) is 0 Å². The van der Waals surface area contributed by atoms with Gasteiger partial charge in [-0.15, -0.1) is 0 Å². The smallest absolute Gasteiger partial charge is 0.273 e. The molecule has 1 rings (SSSR count). The third-order valence-electron chi connectivity index (χ3n) is 1.21. The Morgan fingerprint density at radius 2 is 2.67 bits per heavy atom. The summed E-state index contributed by atoms with van der Waals surface area (Å²) in [5, 5.41) is 20.7. The Balaban J connectivity index is 2.40. The van der Waals surface area contributed by atoms with Gasteiger partial charge in [0, 0.05) is 6.54 Å². The fraction of sp³-hybridized carbons (Fsp3) is 0.500. The van der Waals surface area contributed by atoms with Crippen molar-refractivity contribution in [2.24, 2.45) is 0 Å². The maximum Gasteiger partial charge on any atom is 0.273 e. The van der Waals surface area contributed by atoms with E-state index in [2.05, 4.69) is 20.7 Å². The Bertz CT molecular complexity index is 244. The predicted octanol–water partition coefficient (Wildman–Crippen LogP) is -1.08. The van der Waals surface area contributed by atoms with Crippen LogP contribution in [0.15, 0.2) is 6.20 Å². The molecule has 1 heterocycles. The van der Waals surface area contributed by atoms with Crippen LogP contribution in [0, 0.1) is 0 Å². The first-order valence-corrected chi connectivity index (χ1v) is 3.52. The van der Waals surface area contributed by atoms with Crippen molar-refractivity contribution in [1.29, 1.82) is 0 Å². The monoisotopic (exact) mass is 170 g/mol. The number of aromatic nitrogens is 3. The maximum atomic E-state index is 11.1. The number of aromatic amines is 1. The lowest BCUT2D eigenvalue weighted by Gasteiger charge is -2.03. The summed E-state index contributed by atoms with van der Waals surface area (Å²) in [5.41, 5.74) is 0.218. The van der Waals surface area contributed by atoms with Gasteiger partial charge >= 0.3 is 0 Å². The Hall–Kier alpha value is -1.43. The number of rotatable bonds is 3. The van der Waals surface area contributed by atoms with E-state index in [9.17, 15) is 4.79 Å². The van der Waals surface area contributed by atoms with Crippen molar-refractivity contribution in [3.8, 4) is 0 Å². The van der Waals surface area contributed by atoms with E-state index in [0.29, 0.717) is 0 Å². The fourth-order valence-electron chi connectivity index (χ4n) is 0.642. The van der Waals surface area contributed by atoms with E-state index in [1.165, 1.54) is 6.20 Å². The van der Waals surface area contributed by atoms with Gasteiger partial charge in [0.15, 0.2) is 5.69 Å².